The van der Waals surface area contributed by atoms with E-state index in [4.69, 9.17) is 0 Å². The van der Waals surface area contributed by atoms with Crippen molar-refractivity contribution in [2.75, 3.05) is 38.5 Å². The van der Waals surface area contributed by atoms with Gasteiger partial charge in [0.15, 0.2) is 0 Å². The second-order valence-electron chi connectivity index (χ2n) is 5.74. The quantitative estimate of drug-likeness (QED) is 0.889. The predicted molar refractivity (Wildman–Crippen MR) is 95.3 cm³/mol. The van der Waals surface area contributed by atoms with Crippen LogP contribution in [0, 0.1) is 0 Å². The summed E-state index contributed by atoms with van der Waals surface area (Å²) in [4.78, 5) is 27.1. The van der Waals surface area contributed by atoms with Gasteiger partial charge in [0.2, 0.25) is 0 Å². The Balaban J connectivity index is 1.55. The number of amides is 2. The Bertz CT molecular complexity index is 692. The number of carbonyl (C=O) groups is 2. The summed E-state index contributed by atoms with van der Waals surface area (Å²) < 4.78 is 0. The summed E-state index contributed by atoms with van der Waals surface area (Å²) in [6, 6.07) is 10.5. The Labute approximate surface area is 145 Å². The van der Waals surface area contributed by atoms with E-state index in [1.165, 1.54) is 11.3 Å². The average molecular weight is 344 g/mol. The number of likely N-dealkylation sites (N-methyl/N-ethyl adjacent to an activating group) is 1. The minimum Gasteiger partial charge on any atom is -0.321 e. The van der Waals surface area contributed by atoms with Crippen molar-refractivity contribution in [1.82, 2.24) is 15.3 Å². The van der Waals surface area contributed by atoms with E-state index in [-0.39, 0.29) is 11.8 Å². The molecular formula is C17H20N4O2S. The zero-order chi connectivity index (χ0) is 16.9. The fourth-order valence-corrected chi connectivity index (χ4v) is 3.05. The molecule has 0 unspecified atom stereocenters. The topological polar surface area (TPSA) is 64.7 Å². The number of hydrogen-bond acceptors (Lipinski definition) is 5. The fourth-order valence-electron chi connectivity index (χ4n) is 2.43. The molecule has 0 atom stereocenters. The Kier molecular flexibility index (Phi) is 5.24. The Hall–Kier alpha value is -2.22. The molecule has 3 rings (SSSR count). The second kappa shape index (κ2) is 7.57. The summed E-state index contributed by atoms with van der Waals surface area (Å²) in [5, 5.41) is 6.62. The van der Waals surface area contributed by atoms with E-state index in [1.54, 1.807) is 30.3 Å². The number of nitrogens with one attached hydrogen (secondary N) is 2. The summed E-state index contributed by atoms with van der Waals surface area (Å²) in [5.41, 5.74) is 4.16. The normalized spacial score (nSPS) is 15.9. The highest BCUT2D eigenvalue weighted by Crippen LogP contribution is 2.14. The van der Waals surface area contributed by atoms with Gasteiger partial charge in [-0.05, 0) is 42.8 Å². The van der Waals surface area contributed by atoms with Gasteiger partial charge in [-0.25, -0.2) is 5.01 Å². The van der Waals surface area contributed by atoms with Gasteiger partial charge in [0.25, 0.3) is 11.8 Å². The van der Waals surface area contributed by atoms with Gasteiger partial charge in [0.05, 0.1) is 4.88 Å². The molecule has 0 aliphatic carbocycles. The molecule has 0 saturated carbocycles. The number of rotatable bonds is 4. The van der Waals surface area contributed by atoms with Crippen LogP contribution in [0.15, 0.2) is 41.8 Å². The van der Waals surface area contributed by atoms with E-state index >= 15 is 0 Å². The van der Waals surface area contributed by atoms with Gasteiger partial charge in [-0.3, -0.25) is 15.0 Å². The van der Waals surface area contributed by atoms with Gasteiger partial charge in [-0.1, -0.05) is 6.07 Å². The van der Waals surface area contributed by atoms with Crippen molar-refractivity contribution >= 4 is 28.8 Å². The van der Waals surface area contributed by atoms with E-state index < -0.39 is 0 Å². The van der Waals surface area contributed by atoms with Crippen molar-refractivity contribution in [2.45, 2.75) is 0 Å². The van der Waals surface area contributed by atoms with Crippen LogP contribution < -0.4 is 10.7 Å². The molecule has 0 bridgehead atoms. The lowest BCUT2D eigenvalue weighted by Crippen LogP contribution is -2.52. The number of hydrazine groups is 1. The van der Waals surface area contributed by atoms with Crippen molar-refractivity contribution in [2.24, 2.45) is 0 Å². The molecule has 0 spiro atoms. The van der Waals surface area contributed by atoms with Crippen molar-refractivity contribution in [3.8, 4) is 0 Å². The van der Waals surface area contributed by atoms with Crippen molar-refractivity contribution < 1.29 is 9.59 Å². The van der Waals surface area contributed by atoms with E-state index in [0.717, 1.165) is 26.2 Å². The third-order valence-electron chi connectivity index (χ3n) is 3.91. The van der Waals surface area contributed by atoms with Crippen LogP contribution in [-0.2, 0) is 0 Å². The Morgan fingerprint density at radius 3 is 2.33 bits per heavy atom. The zero-order valence-electron chi connectivity index (χ0n) is 13.5. The molecule has 2 amide bonds. The van der Waals surface area contributed by atoms with Crippen LogP contribution in [-0.4, -0.2) is 54.9 Å². The minimum atomic E-state index is -0.139. The molecular weight excluding hydrogens is 324 g/mol. The standard InChI is InChI=1S/C17H20N4O2S/c1-20-8-10-21(11-9-20)19-16(22)13-4-6-14(7-5-13)18-17(23)15-3-2-12-24-15/h2-7,12H,8-11H2,1H3,(H,18,23)(H,19,22). The molecule has 1 fully saturated rings. The average Bonchev–Trinajstić information content (AvgIpc) is 3.12. The maximum absolute atomic E-state index is 12.3. The lowest BCUT2D eigenvalue weighted by atomic mass is 10.2. The van der Waals surface area contributed by atoms with Gasteiger partial charge < -0.3 is 10.2 Å². The van der Waals surface area contributed by atoms with Gasteiger partial charge in [-0.15, -0.1) is 11.3 Å². The minimum absolute atomic E-state index is 0.129. The smallest absolute Gasteiger partial charge is 0.265 e. The van der Waals surface area contributed by atoms with E-state index in [1.807, 2.05) is 16.5 Å². The highest BCUT2D eigenvalue weighted by molar-refractivity contribution is 7.12. The highest BCUT2D eigenvalue weighted by atomic mass is 32.1. The fraction of sp³-hybridized carbons (Fsp3) is 0.294. The number of hydrogen-bond donors (Lipinski definition) is 2. The number of thiophene rings is 1. The van der Waals surface area contributed by atoms with Crippen molar-refractivity contribution in [3.63, 3.8) is 0 Å². The first kappa shape index (κ1) is 16.6. The molecule has 1 aliphatic rings. The van der Waals surface area contributed by atoms with E-state index in [9.17, 15) is 9.59 Å². The van der Waals surface area contributed by atoms with Gasteiger partial charge in [0, 0.05) is 37.4 Å². The zero-order valence-corrected chi connectivity index (χ0v) is 14.3. The van der Waals surface area contributed by atoms with Crippen LogP contribution >= 0.6 is 11.3 Å². The largest absolute Gasteiger partial charge is 0.321 e. The van der Waals surface area contributed by atoms with Gasteiger partial charge >= 0.3 is 0 Å². The number of carbonyl (C=O) groups excluding carboxylic acids is 2. The summed E-state index contributed by atoms with van der Waals surface area (Å²) in [5.74, 6) is -0.268. The van der Waals surface area contributed by atoms with Crippen LogP contribution in [0.5, 0.6) is 0 Å². The van der Waals surface area contributed by atoms with E-state index in [2.05, 4.69) is 22.7 Å². The molecule has 0 radical (unpaired) electrons. The molecule has 7 heteroatoms. The van der Waals surface area contributed by atoms with Crippen LogP contribution in [0.4, 0.5) is 5.69 Å². The first-order valence-electron chi connectivity index (χ1n) is 7.81. The Morgan fingerprint density at radius 2 is 1.71 bits per heavy atom. The Morgan fingerprint density at radius 1 is 1.00 bits per heavy atom. The van der Waals surface area contributed by atoms with Crippen LogP contribution in [0.1, 0.15) is 20.0 Å². The van der Waals surface area contributed by atoms with Crippen LogP contribution in [0.25, 0.3) is 0 Å². The molecule has 1 saturated heterocycles. The summed E-state index contributed by atoms with van der Waals surface area (Å²) in [6.07, 6.45) is 0. The third kappa shape index (κ3) is 4.19. The summed E-state index contributed by atoms with van der Waals surface area (Å²) in [7, 11) is 2.07. The van der Waals surface area contributed by atoms with E-state index in [0.29, 0.717) is 16.1 Å². The molecule has 2 aromatic rings. The molecule has 6 nitrogen and oxygen atoms in total. The maximum atomic E-state index is 12.3. The number of anilines is 1. The number of benzene rings is 1. The predicted octanol–water partition coefficient (Wildman–Crippen LogP) is 1.89. The first-order chi connectivity index (χ1) is 11.6. The van der Waals surface area contributed by atoms with Crippen LogP contribution in [0.2, 0.25) is 0 Å². The second-order valence-corrected chi connectivity index (χ2v) is 6.69. The molecule has 126 valence electrons. The highest BCUT2D eigenvalue weighted by Gasteiger charge is 2.16. The number of piperazine rings is 1. The SMILES string of the molecule is CN1CCN(NC(=O)c2ccc(NC(=O)c3cccs3)cc2)CC1. The molecule has 1 aliphatic heterocycles. The maximum Gasteiger partial charge on any atom is 0.265 e. The first-order valence-corrected chi connectivity index (χ1v) is 8.69. The monoisotopic (exact) mass is 344 g/mol. The lowest BCUT2D eigenvalue weighted by Gasteiger charge is -2.32. The molecule has 1 aromatic heterocycles. The van der Waals surface area contributed by atoms with Crippen molar-refractivity contribution in [1.29, 1.82) is 0 Å². The molecule has 24 heavy (non-hydrogen) atoms. The molecule has 2 N–H and O–H groups in total. The lowest BCUT2D eigenvalue weighted by molar-refractivity contribution is 0.0662. The van der Waals surface area contributed by atoms with Gasteiger partial charge in [-0.2, -0.15) is 0 Å². The summed E-state index contributed by atoms with van der Waals surface area (Å²) >= 11 is 1.39. The number of nitrogens with zero attached hydrogens (tertiary/aromatic N) is 2. The van der Waals surface area contributed by atoms with Gasteiger partial charge in [0.1, 0.15) is 0 Å². The molecule has 2 heterocycles. The summed E-state index contributed by atoms with van der Waals surface area (Å²) in [6.45, 7) is 3.51. The van der Waals surface area contributed by atoms with Crippen LogP contribution in [0.3, 0.4) is 0 Å². The van der Waals surface area contributed by atoms with Crippen molar-refractivity contribution in [3.05, 3.63) is 52.2 Å². The third-order valence-corrected chi connectivity index (χ3v) is 4.78. The molecule has 1 aromatic carbocycles.